The molecular weight excluding hydrogens is 569 g/mol. The van der Waals surface area contributed by atoms with Crippen LogP contribution in [0.2, 0.25) is 0 Å². The summed E-state index contributed by atoms with van der Waals surface area (Å²) in [7, 11) is 0. The molecule has 6 rings (SSSR count). The molecule has 12 heteroatoms. The Hall–Kier alpha value is -4.68. The average molecular weight is 603 g/mol. The van der Waals surface area contributed by atoms with Crippen LogP contribution >= 0.6 is 0 Å². The van der Waals surface area contributed by atoms with Crippen LogP contribution in [0.5, 0.6) is 0 Å². The average Bonchev–Trinajstić information content (AvgIpc) is 3.31. The van der Waals surface area contributed by atoms with Crippen molar-refractivity contribution in [2.75, 3.05) is 29.5 Å². The Morgan fingerprint density at radius 3 is 2.48 bits per heavy atom. The van der Waals surface area contributed by atoms with Gasteiger partial charge in [-0.1, -0.05) is 36.4 Å². The molecule has 228 valence electrons. The van der Waals surface area contributed by atoms with Crippen LogP contribution in [-0.2, 0) is 12.7 Å². The highest BCUT2D eigenvalue weighted by molar-refractivity contribution is 6.10. The number of carbonyl (C=O) groups is 1. The van der Waals surface area contributed by atoms with Crippen LogP contribution in [0, 0.1) is 6.92 Å². The quantitative estimate of drug-likeness (QED) is 0.188. The van der Waals surface area contributed by atoms with Gasteiger partial charge in [-0.15, -0.1) is 0 Å². The third-order valence-corrected chi connectivity index (χ3v) is 7.82. The molecule has 9 nitrogen and oxygen atoms in total. The lowest BCUT2D eigenvalue weighted by Crippen LogP contribution is -2.53. The number of nitrogens with one attached hydrogen (secondary N) is 3. The lowest BCUT2D eigenvalue weighted by molar-refractivity contribution is -0.137. The molecule has 5 aromatic rings. The molecule has 1 fully saturated rings. The van der Waals surface area contributed by atoms with Crippen LogP contribution in [0.25, 0.3) is 27.5 Å². The molecule has 0 radical (unpaired) electrons. The minimum Gasteiger partial charge on any atom is -0.382 e. The van der Waals surface area contributed by atoms with E-state index in [0.717, 1.165) is 53.1 Å². The van der Waals surface area contributed by atoms with E-state index in [1.807, 2.05) is 43.5 Å². The fourth-order valence-electron chi connectivity index (χ4n) is 6.15. The zero-order valence-corrected chi connectivity index (χ0v) is 24.5. The van der Waals surface area contributed by atoms with Crippen LogP contribution in [0.15, 0.2) is 66.9 Å². The van der Waals surface area contributed by atoms with Crippen LogP contribution in [0.4, 0.5) is 35.2 Å². The number of urea groups is 1. The van der Waals surface area contributed by atoms with Gasteiger partial charge in [-0.2, -0.15) is 13.2 Å². The van der Waals surface area contributed by atoms with Crippen LogP contribution in [0.3, 0.4) is 0 Å². The van der Waals surface area contributed by atoms with Crippen molar-refractivity contribution in [3.63, 3.8) is 0 Å². The Bertz CT molecular complexity index is 1860. The van der Waals surface area contributed by atoms with Crippen molar-refractivity contribution in [1.29, 1.82) is 0 Å². The molecule has 3 aromatic carbocycles. The number of anilines is 3. The third-order valence-electron chi connectivity index (χ3n) is 7.82. The van der Waals surface area contributed by atoms with Gasteiger partial charge in [-0.25, -0.2) is 14.8 Å². The van der Waals surface area contributed by atoms with Crippen molar-refractivity contribution in [2.45, 2.75) is 45.6 Å². The number of nitrogens with zero attached hydrogens (tertiary/aromatic N) is 4. The predicted octanol–water partition coefficient (Wildman–Crippen LogP) is 6.29. The minimum absolute atomic E-state index is 0.0294. The summed E-state index contributed by atoms with van der Waals surface area (Å²) in [5.74, 6) is 1.14. The second-order valence-electron chi connectivity index (χ2n) is 11.4. The summed E-state index contributed by atoms with van der Waals surface area (Å²) in [5.41, 5.74) is 9.33. The molecule has 3 heterocycles. The summed E-state index contributed by atoms with van der Waals surface area (Å²) >= 11 is 0. The lowest BCUT2D eigenvalue weighted by Gasteiger charge is -2.36. The number of benzene rings is 3. The Morgan fingerprint density at radius 1 is 1.02 bits per heavy atom. The molecule has 0 bridgehead atoms. The molecule has 0 spiro atoms. The Balaban J connectivity index is 1.34. The van der Waals surface area contributed by atoms with Gasteiger partial charge in [0.1, 0.15) is 22.9 Å². The molecule has 0 aliphatic carbocycles. The SMILES string of the molecule is Cc1nc(-c2ccc(NC(=O)Nc3cccc(C(F)(F)F)c3)c3ccccc23)c2c(N)ncc(CN3C[C@@H](C)N[C@@H](C)C3)n12. The van der Waals surface area contributed by atoms with E-state index in [4.69, 9.17) is 10.7 Å². The van der Waals surface area contributed by atoms with E-state index in [2.05, 4.69) is 44.1 Å². The van der Waals surface area contributed by atoms with Gasteiger partial charge in [-0.3, -0.25) is 9.30 Å². The van der Waals surface area contributed by atoms with Crippen LogP contribution in [0.1, 0.15) is 30.9 Å². The Morgan fingerprint density at radius 2 is 1.75 bits per heavy atom. The van der Waals surface area contributed by atoms with Gasteiger partial charge in [0.15, 0.2) is 0 Å². The fraction of sp³-hybridized carbons (Fsp3) is 0.281. The number of nitrogens with two attached hydrogens (primary N) is 1. The number of imidazole rings is 1. The zero-order valence-electron chi connectivity index (χ0n) is 24.5. The van der Waals surface area contributed by atoms with Crippen molar-refractivity contribution in [3.05, 3.63) is 83.9 Å². The molecule has 1 aliphatic heterocycles. The summed E-state index contributed by atoms with van der Waals surface area (Å²) in [4.78, 5) is 24.8. The summed E-state index contributed by atoms with van der Waals surface area (Å²) in [6, 6.07) is 15.7. The van der Waals surface area contributed by atoms with E-state index < -0.39 is 17.8 Å². The first-order chi connectivity index (χ1) is 21.0. The maximum atomic E-state index is 13.1. The van der Waals surface area contributed by atoms with Crippen molar-refractivity contribution in [2.24, 2.45) is 0 Å². The van der Waals surface area contributed by atoms with E-state index in [9.17, 15) is 18.0 Å². The molecular formula is C32H33F3N8O. The van der Waals surface area contributed by atoms with Gasteiger partial charge in [0, 0.05) is 48.4 Å². The molecule has 0 unspecified atom stereocenters. The molecule has 1 saturated heterocycles. The van der Waals surface area contributed by atoms with Gasteiger partial charge in [0.25, 0.3) is 0 Å². The number of alkyl halides is 3. The van der Waals surface area contributed by atoms with Crippen molar-refractivity contribution in [3.8, 4) is 11.3 Å². The standard InChI is InChI=1S/C32H33F3N8O/c1-18-15-42(16-19(2)38-18)17-23-14-37-30(36)29-28(39-20(3)43(23)29)26-11-12-27(25-10-5-4-9-24(25)26)41-31(44)40-22-8-6-7-21(13-22)32(33,34)35/h4-14,18-19,38H,15-17H2,1-3H3,(H2,36,37)(H2,40,41,44)/t18-,19+. The number of amides is 2. The van der Waals surface area contributed by atoms with Gasteiger partial charge in [0.05, 0.1) is 23.1 Å². The van der Waals surface area contributed by atoms with Crippen molar-refractivity contribution < 1.29 is 18.0 Å². The number of nitrogen functional groups attached to an aromatic ring is 1. The topological polar surface area (TPSA) is 113 Å². The molecule has 5 N–H and O–H groups in total. The minimum atomic E-state index is -4.52. The van der Waals surface area contributed by atoms with Gasteiger partial charge in [0.2, 0.25) is 0 Å². The van der Waals surface area contributed by atoms with Gasteiger partial charge < -0.3 is 21.7 Å². The first-order valence-corrected chi connectivity index (χ1v) is 14.4. The number of aryl methyl sites for hydroxylation is 1. The summed E-state index contributed by atoms with van der Waals surface area (Å²) < 4.78 is 41.5. The maximum Gasteiger partial charge on any atom is 0.416 e. The number of hydrogen-bond acceptors (Lipinski definition) is 6. The van der Waals surface area contributed by atoms with Crippen molar-refractivity contribution >= 4 is 39.5 Å². The van der Waals surface area contributed by atoms with Crippen LogP contribution in [-0.4, -0.2) is 50.5 Å². The predicted molar refractivity (Wildman–Crippen MR) is 167 cm³/mol. The highest BCUT2D eigenvalue weighted by Gasteiger charge is 2.30. The second kappa shape index (κ2) is 11.4. The molecule has 0 saturated carbocycles. The lowest BCUT2D eigenvalue weighted by atomic mass is 10.00. The highest BCUT2D eigenvalue weighted by Crippen LogP contribution is 2.37. The normalized spacial score (nSPS) is 17.7. The molecule has 2 aromatic heterocycles. The van der Waals surface area contributed by atoms with Crippen molar-refractivity contribution in [1.82, 2.24) is 24.6 Å². The smallest absolute Gasteiger partial charge is 0.382 e. The number of fused-ring (bicyclic) bond motifs is 2. The number of carbonyl (C=O) groups excluding carboxylic acids is 1. The summed E-state index contributed by atoms with van der Waals surface area (Å²) in [5, 5.41) is 10.4. The summed E-state index contributed by atoms with van der Waals surface area (Å²) in [6.07, 6.45) is -2.70. The fourth-order valence-corrected chi connectivity index (χ4v) is 6.15. The van der Waals surface area contributed by atoms with E-state index in [1.165, 1.54) is 12.1 Å². The van der Waals surface area contributed by atoms with E-state index >= 15 is 0 Å². The zero-order chi connectivity index (χ0) is 31.2. The molecule has 44 heavy (non-hydrogen) atoms. The molecule has 1 aliphatic rings. The van der Waals surface area contributed by atoms with Gasteiger partial charge in [-0.05, 0) is 50.4 Å². The Labute approximate surface area is 252 Å². The van der Waals surface area contributed by atoms with E-state index in [0.29, 0.717) is 41.3 Å². The number of piperazine rings is 1. The first-order valence-electron chi connectivity index (χ1n) is 14.4. The van der Waals surface area contributed by atoms with Gasteiger partial charge >= 0.3 is 12.2 Å². The second-order valence-corrected chi connectivity index (χ2v) is 11.4. The number of halogens is 3. The number of aromatic nitrogens is 3. The van der Waals surface area contributed by atoms with Crippen LogP contribution < -0.4 is 21.7 Å². The van der Waals surface area contributed by atoms with E-state index in [1.54, 1.807) is 6.07 Å². The number of hydrogen-bond donors (Lipinski definition) is 4. The highest BCUT2D eigenvalue weighted by atomic mass is 19.4. The maximum absolute atomic E-state index is 13.1. The Kier molecular flexibility index (Phi) is 7.64. The first kappa shape index (κ1) is 29.4. The molecule has 2 atom stereocenters. The van der Waals surface area contributed by atoms with E-state index in [-0.39, 0.29) is 5.69 Å². The molecule has 2 amide bonds. The monoisotopic (exact) mass is 602 g/mol. The third kappa shape index (κ3) is 5.78. The largest absolute Gasteiger partial charge is 0.416 e. The number of rotatable bonds is 5. The summed E-state index contributed by atoms with van der Waals surface area (Å²) in [6.45, 7) is 8.83.